The SMILES string of the molecule is Oc1ccc(NCc2ccc(C(F)F)cc2)cc1Cl. The van der Waals surface area contributed by atoms with E-state index in [1.807, 2.05) is 0 Å². The van der Waals surface area contributed by atoms with Crippen LogP contribution in [-0.4, -0.2) is 5.11 Å². The van der Waals surface area contributed by atoms with Gasteiger partial charge in [0.1, 0.15) is 5.75 Å². The number of alkyl halides is 2. The maximum Gasteiger partial charge on any atom is 0.263 e. The number of phenols is 1. The molecule has 100 valence electrons. The van der Waals surface area contributed by atoms with Crippen molar-refractivity contribution in [3.63, 3.8) is 0 Å². The van der Waals surface area contributed by atoms with E-state index < -0.39 is 6.43 Å². The molecule has 5 heteroatoms. The van der Waals surface area contributed by atoms with Gasteiger partial charge in [0.05, 0.1) is 5.02 Å². The van der Waals surface area contributed by atoms with Crippen LogP contribution < -0.4 is 5.32 Å². The van der Waals surface area contributed by atoms with Crippen LogP contribution in [0.1, 0.15) is 17.6 Å². The van der Waals surface area contributed by atoms with Gasteiger partial charge in [-0.05, 0) is 23.8 Å². The summed E-state index contributed by atoms with van der Waals surface area (Å²) >= 11 is 5.78. The maximum absolute atomic E-state index is 12.4. The minimum atomic E-state index is -2.45. The third kappa shape index (κ3) is 3.58. The molecule has 2 nitrogen and oxygen atoms in total. The number of anilines is 1. The minimum absolute atomic E-state index is 0.0106. The molecule has 2 rings (SSSR count). The summed E-state index contributed by atoms with van der Waals surface area (Å²) < 4.78 is 24.8. The molecule has 0 aliphatic carbocycles. The molecule has 2 aromatic carbocycles. The van der Waals surface area contributed by atoms with Crippen molar-refractivity contribution in [3.8, 4) is 5.75 Å². The first kappa shape index (κ1) is 13.6. The van der Waals surface area contributed by atoms with Crippen LogP contribution in [0.2, 0.25) is 5.02 Å². The van der Waals surface area contributed by atoms with Gasteiger partial charge in [0.25, 0.3) is 6.43 Å². The first-order valence-electron chi connectivity index (χ1n) is 5.65. The summed E-state index contributed by atoms with van der Waals surface area (Å²) in [5, 5.41) is 12.6. The lowest BCUT2D eigenvalue weighted by atomic mass is 10.1. The zero-order valence-corrected chi connectivity index (χ0v) is 10.7. The van der Waals surface area contributed by atoms with Crippen molar-refractivity contribution in [2.75, 3.05) is 5.32 Å². The average Bonchev–Trinajstić information content (AvgIpc) is 2.40. The van der Waals surface area contributed by atoms with Crippen molar-refractivity contribution in [3.05, 3.63) is 58.6 Å². The standard InChI is InChI=1S/C14H12ClF2NO/c15-12-7-11(5-6-13(12)19)18-8-9-1-3-10(4-2-9)14(16)17/h1-7,14,18-19H,8H2. The van der Waals surface area contributed by atoms with Gasteiger partial charge in [-0.3, -0.25) is 0 Å². The summed E-state index contributed by atoms with van der Waals surface area (Å²) in [6, 6.07) is 10.9. The summed E-state index contributed by atoms with van der Waals surface area (Å²) in [5.41, 5.74) is 1.64. The second-order valence-electron chi connectivity index (χ2n) is 4.06. The molecule has 0 fully saturated rings. The lowest BCUT2D eigenvalue weighted by Crippen LogP contribution is -1.99. The van der Waals surface area contributed by atoms with Crippen LogP contribution in [0.15, 0.2) is 42.5 Å². The van der Waals surface area contributed by atoms with Gasteiger partial charge in [-0.15, -0.1) is 0 Å². The van der Waals surface area contributed by atoms with E-state index in [-0.39, 0.29) is 16.3 Å². The largest absolute Gasteiger partial charge is 0.506 e. The molecule has 0 saturated carbocycles. The Morgan fingerprint density at radius 2 is 1.79 bits per heavy atom. The van der Waals surface area contributed by atoms with Crippen LogP contribution in [0.4, 0.5) is 14.5 Å². The van der Waals surface area contributed by atoms with E-state index in [2.05, 4.69) is 5.32 Å². The van der Waals surface area contributed by atoms with E-state index in [0.717, 1.165) is 11.3 Å². The highest BCUT2D eigenvalue weighted by molar-refractivity contribution is 6.32. The maximum atomic E-state index is 12.4. The zero-order chi connectivity index (χ0) is 13.8. The van der Waals surface area contributed by atoms with E-state index >= 15 is 0 Å². The van der Waals surface area contributed by atoms with Crippen LogP contribution in [0.5, 0.6) is 5.75 Å². The number of benzene rings is 2. The number of hydrogen-bond acceptors (Lipinski definition) is 2. The second-order valence-corrected chi connectivity index (χ2v) is 4.47. The highest BCUT2D eigenvalue weighted by Gasteiger charge is 2.05. The monoisotopic (exact) mass is 283 g/mol. The summed E-state index contributed by atoms with van der Waals surface area (Å²) in [6.45, 7) is 0.491. The fourth-order valence-electron chi connectivity index (χ4n) is 1.60. The third-order valence-corrected chi connectivity index (χ3v) is 2.98. The normalized spacial score (nSPS) is 10.7. The summed E-state index contributed by atoms with van der Waals surface area (Å²) in [4.78, 5) is 0. The topological polar surface area (TPSA) is 32.3 Å². The first-order chi connectivity index (χ1) is 9.06. The average molecular weight is 284 g/mol. The Morgan fingerprint density at radius 1 is 1.11 bits per heavy atom. The third-order valence-electron chi connectivity index (χ3n) is 2.68. The van der Waals surface area contributed by atoms with Gasteiger partial charge in [0, 0.05) is 17.8 Å². The van der Waals surface area contributed by atoms with E-state index in [1.54, 1.807) is 24.3 Å². The van der Waals surface area contributed by atoms with Crippen molar-refractivity contribution >= 4 is 17.3 Å². The van der Waals surface area contributed by atoms with E-state index in [9.17, 15) is 13.9 Å². The molecule has 0 amide bonds. The number of nitrogens with one attached hydrogen (secondary N) is 1. The predicted octanol–water partition coefficient (Wildman–Crippen LogP) is 4.60. The van der Waals surface area contributed by atoms with E-state index in [1.165, 1.54) is 18.2 Å². The van der Waals surface area contributed by atoms with Gasteiger partial charge < -0.3 is 10.4 Å². The molecule has 0 atom stereocenters. The Hall–Kier alpha value is -1.81. The van der Waals surface area contributed by atoms with Gasteiger partial charge in [0.15, 0.2) is 0 Å². The Bertz CT molecular complexity index is 558. The Balaban J connectivity index is 2.00. The predicted molar refractivity (Wildman–Crippen MR) is 71.8 cm³/mol. The molecule has 0 bridgehead atoms. The van der Waals surface area contributed by atoms with Crippen LogP contribution in [0.25, 0.3) is 0 Å². The Labute approximate surface area is 114 Å². The highest BCUT2D eigenvalue weighted by atomic mass is 35.5. The van der Waals surface area contributed by atoms with Crippen molar-refractivity contribution < 1.29 is 13.9 Å². The lowest BCUT2D eigenvalue weighted by molar-refractivity contribution is 0.151. The molecule has 0 aliphatic rings. The lowest BCUT2D eigenvalue weighted by Gasteiger charge is -2.08. The van der Waals surface area contributed by atoms with E-state index in [0.29, 0.717) is 6.54 Å². The molecule has 2 N–H and O–H groups in total. The van der Waals surface area contributed by atoms with Gasteiger partial charge >= 0.3 is 0 Å². The summed E-state index contributed by atoms with van der Waals surface area (Å²) in [5.74, 6) is 0.0218. The molecular formula is C14H12ClF2NO. The fraction of sp³-hybridized carbons (Fsp3) is 0.143. The number of halogens is 3. The number of hydrogen-bond donors (Lipinski definition) is 2. The summed E-state index contributed by atoms with van der Waals surface area (Å²) in [6.07, 6.45) is -2.45. The molecular weight excluding hydrogens is 272 g/mol. The van der Waals surface area contributed by atoms with Gasteiger partial charge in [-0.25, -0.2) is 8.78 Å². The van der Waals surface area contributed by atoms with Crippen LogP contribution >= 0.6 is 11.6 Å². The fourth-order valence-corrected chi connectivity index (χ4v) is 1.78. The molecule has 0 heterocycles. The molecule has 0 unspecified atom stereocenters. The van der Waals surface area contributed by atoms with Crippen molar-refractivity contribution in [2.24, 2.45) is 0 Å². The minimum Gasteiger partial charge on any atom is -0.506 e. The Kier molecular flexibility index (Phi) is 4.22. The van der Waals surface area contributed by atoms with Crippen LogP contribution in [-0.2, 0) is 6.54 Å². The van der Waals surface area contributed by atoms with Gasteiger partial charge in [0.2, 0.25) is 0 Å². The highest BCUT2D eigenvalue weighted by Crippen LogP contribution is 2.26. The molecule has 19 heavy (non-hydrogen) atoms. The van der Waals surface area contributed by atoms with Crippen LogP contribution in [0, 0.1) is 0 Å². The van der Waals surface area contributed by atoms with Crippen molar-refractivity contribution in [2.45, 2.75) is 13.0 Å². The van der Waals surface area contributed by atoms with Crippen LogP contribution in [0.3, 0.4) is 0 Å². The molecule has 2 aromatic rings. The van der Waals surface area contributed by atoms with Gasteiger partial charge in [-0.1, -0.05) is 35.9 Å². The second kappa shape index (κ2) is 5.89. The zero-order valence-electron chi connectivity index (χ0n) is 9.91. The van der Waals surface area contributed by atoms with Crippen molar-refractivity contribution in [1.82, 2.24) is 0 Å². The molecule has 0 aliphatic heterocycles. The first-order valence-corrected chi connectivity index (χ1v) is 6.03. The molecule has 0 radical (unpaired) electrons. The van der Waals surface area contributed by atoms with Crippen molar-refractivity contribution in [1.29, 1.82) is 0 Å². The molecule has 0 aromatic heterocycles. The number of phenolic OH excluding ortho intramolecular Hbond substituents is 1. The molecule has 0 saturated heterocycles. The smallest absolute Gasteiger partial charge is 0.263 e. The number of rotatable bonds is 4. The van der Waals surface area contributed by atoms with Gasteiger partial charge in [-0.2, -0.15) is 0 Å². The van der Waals surface area contributed by atoms with E-state index in [4.69, 9.17) is 11.6 Å². The summed E-state index contributed by atoms with van der Waals surface area (Å²) in [7, 11) is 0. The quantitative estimate of drug-likeness (QED) is 0.804. The number of aromatic hydroxyl groups is 1. The molecule has 0 spiro atoms. The Morgan fingerprint density at radius 3 is 2.37 bits per heavy atom.